The maximum Gasteiger partial charge on any atom is 0.175 e. The van der Waals surface area contributed by atoms with Gasteiger partial charge in [0.05, 0.1) is 6.61 Å². The van der Waals surface area contributed by atoms with Crippen LogP contribution in [-0.2, 0) is 13.0 Å². The van der Waals surface area contributed by atoms with Crippen molar-refractivity contribution in [1.82, 2.24) is 24.8 Å². The summed E-state index contributed by atoms with van der Waals surface area (Å²) in [4.78, 5) is 15.8. The summed E-state index contributed by atoms with van der Waals surface area (Å²) in [5.41, 5.74) is 10.0. The molecule has 0 bridgehead atoms. The minimum atomic E-state index is 0.404. The molecule has 1 aliphatic rings. The monoisotopic (exact) mass is 466 g/mol. The fourth-order valence-corrected chi connectivity index (χ4v) is 5.70. The van der Waals surface area contributed by atoms with Crippen molar-refractivity contribution in [3.8, 4) is 16.2 Å². The van der Waals surface area contributed by atoms with E-state index in [1.165, 1.54) is 22.3 Å². The van der Waals surface area contributed by atoms with Crippen molar-refractivity contribution in [3.63, 3.8) is 0 Å². The Morgan fingerprint density at radius 2 is 2.22 bits per heavy atom. The second kappa shape index (κ2) is 9.09. The number of rotatable bonds is 8. The molecule has 4 heterocycles. The van der Waals surface area contributed by atoms with Crippen LogP contribution in [0.4, 0.5) is 5.82 Å². The lowest BCUT2D eigenvalue weighted by Gasteiger charge is -2.13. The Hall–Kier alpha value is -2.62. The Bertz CT molecular complexity index is 1240. The van der Waals surface area contributed by atoms with E-state index >= 15 is 0 Å². The summed E-state index contributed by atoms with van der Waals surface area (Å²) < 4.78 is 8.01. The predicted molar refractivity (Wildman–Crippen MR) is 131 cm³/mol. The Balaban J connectivity index is 1.54. The third-order valence-electron chi connectivity index (χ3n) is 5.37. The average molecular weight is 467 g/mol. The normalized spacial score (nSPS) is 13.1. The molecular weight excluding hydrogens is 440 g/mol. The van der Waals surface area contributed by atoms with Gasteiger partial charge in [0.1, 0.15) is 12.1 Å². The molecule has 7 nitrogen and oxygen atoms in total. The zero-order valence-electron chi connectivity index (χ0n) is 18.2. The molecule has 0 spiro atoms. The summed E-state index contributed by atoms with van der Waals surface area (Å²) in [5, 5.41) is 6.48. The first-order chi connectivity index (χ1) is 15.6. The van der Waals surface area contributed by atoms with Gasteiger partial charge in [-0.3, -0.25) is 0 Å². The summed E-state index contributed by atoms with van der Waals surface area (Å²) in [7, 11) is 0. The van der Waals surface area contributed by atoms with Crippen LogP contribution in [0.5, 0.6) is 5.75 Å². The van der Waals surface area contributed by atoms with Crippen molar-refractivity contribution in [3.05, 3.63) is 41.5 Å². The largest absolute Gasteiger partial charge is 0.493 e. The van der Waals surface area contributed by atoms with Gasteiger partial charge in [0.15, 0.2) is 22.1 Å². The number of thiophene rings is 1. The molecule has 0 unspecified atom stereocenters. The van der Waals surface area contributed by atoms with E-state index in [2.05, 4.69) is 63.3 Å². The van der Waals surface area contributed by atoms with Crippen LogP contribution in [0, 0.1) is 5.92 Å². The number of ether oxygens (including phenoxy) is 1. The molecule has 4 aromatic rings. The van der Waals surface area contributed by atoms with E-state index in [-0.39, 0.29) is 0 Å². The predicted octanol–water partition coefficient (Wildman–Crippen LogP) is 4.47. The van der Waals surface area contributed by atoms with Crippen LogP contribution in [0.15, 0.2) is 46.0 Å². The third-order valence-corrected chi connectivity index (χ3v) is 7.32. The van der Waals surface area contributed by atoms with Crippen molar-refractivity contribution in [2.24, 2.45) is 5.92 Å². The maximum absolute atomic E-state index is 6.14. The fourth-order valence-electron chi connectivity index (χ4n) is 3.81. The Labute approximate surface area is 195 Å². The highest BCUT2D eigenvalue weighted by molar-refractivity contribution is 7.99. The number of nitrogens with one attached hydrogen (secondary N) is 1. The first-order valence-electron chi connectivity index (χ1n) is 10.8. The number of nitrogen functional groups attached to an aromatic ring is 1. The molecule has 0 fully saturated rings. The van der Waals surface area contributed by atoms with Crippen molar-refractivity contribution < 1.29 is 4.74 Å². The molecular formula is C23H26N6OS2. The van der Waals surface area contributed by atoms with Gasteiger partial charge >= 0.3 is 0 Å². The summed E-state index contributed by atoms with van der Waals surface area (Å²) in [6, 6.07) is 8.66. The number of fused-ring (bicyclic) bond motifs is 2. The van der Waals surface area contributed by atoms with Crippen LogP contribution < -0.4 is 15.8 Å². The fraction of sp³-hybridized carbons (Fsp3) is 0.348. The van der Waals surface area contributed by atoms with Gasteiger partial charge in [0.25, 0.3) is 0 Å². The molecule has 0 saturated carbocycles. The number of benzene rings is 1. The SMILES string of the molecule is CC(C)CNCCn1c(Sc2cc3c(cc2-c2cccs2)CCO3)nc2c(N)ncnc21. The van der Waals surface area contributed by atoms with Crippen molar-refractivity contribution in [2.75, 3.05) is 25.4 Å². The van der Waals surface area contributed by atoms with Crippen molar-refractivity contribution in [1.29, 1.82) is 0 Å². The zero-order valence-corrected chi connectivity index (χ0v) is 19.8. The second-order valence-corrected chi connectivity index (χ2v) is 10.2. The van der Waals surface area contributed by atoms with Crippen LogP contribution in [0.3, 0.4) is 0 Å². The zero-order chi connectivity index (χ0) is 22.1. The molecule has 0 radical (unpaired) electrons. The summed E-state index contributed by atoms with van der Waals surface area (Å²) in [6.07, 6.45) is 2.46. The van der Waals surface area contributed by atoms with Crippen LogP contribution in [0.25, 0.3) is 21.6 Å². The van der Waals surface area contributed by atoms with Crippen LogP contribution in [0.2, 0.25) is 0 Å². The van der Waals surface area contributed by atoms with Gasteiger partial charge in [-0.2, -0.15) is 0 Å². The van der Waals surface area contributed by atoms with E-state index < -0.39 is 0 Å². The minimum Gasteiger partial charge on any atom is -0.493 e. The molecule has 0 aliphatic carbocycles. The first kappa shape index (κ1) is 21.2. The number of nitrogens with zero attached hydrogens (tertiary/aromatic N) is 4. The van der Waals surface area contributed by atoms with E-state index in [0.717, 1.165) is 54.1 Å². The molecule has 1 aliphatic heterocycles. The number of anilines is 1. The lowest BCUT2D eigenvalue weighted by Crippen LogP contribution is -2.24. The van der Waals surface area contributed by atoms with Gasteiger partial charge < -0.3 is 20.4 Å². The number of aromatic nitrogens is 4. The van der Waals surface area contributed by atoms with Crippen LogP contribution >= 0.6 is 23.1 Å². The van der Waals surface area contributed by atoms with Crippen molar-refractivity contribution >= 4 is 40.1 Å². The average Bonchev–Trinajstić information content (AvgIpc) is 3.51. The van der Waals surface area contributed by atoms with E-state index in [9.17, 15) is 0 Å². The van der Waals surface area contributed by atoms with E-state index in [1.807, 2.05) is 0 Å². The summed E-state index contributed by atoms with van der Waals surface area (Å²) in [5.74, 6) is 1.97. The standard InChI is InChI=1S/C23H26N6OS2/c1-14(2)12-25-6-7-29-22-20(21(24)26-13-27-22)28-23(29)32-19-11-17-15(5-8-30-17)10-16(19)18-4-3-9-31-18/h3-4,9-11,13-14,25H,5-8,12H2,1-2H3,(H2,24,26,27). The summed E-state index contributed by atoms with van der Waals surface area (Å²) in [6.45, 7) is 7.69. The number of nitrogens with two attached hydrogens (primary N) is 1. The third kappa shape index (κ3) is 4.20. The lowest BCUT2D eigenvalue weighted by atomic mass is 10.1. The highest BCUT2D eigenvalue weighted by Gasteiger charge is 2.21. The van der Waals surface area contributed by atoms with E-state index in [0.29, 0.717) is 17.3 Å². The maximum atomic E-state index is 6.14. The number of hydrogen-bond acceptors (Lipinski definition) is 8. The minimum absolute atomic E-state index is 0.404. The van der Waals surface area contributed by atoms with Gasteiger partial charge in [-0.15, -0.1) is 11.3 Å². The van der Waals surface area contributed by atoms with E-state index in [1.54, 1.807) is 23.1 Å². The second-order valence-electron chi connectivity index (χ2n) is 8.21. The highest BCUT2D eigenvalue weighted by Crippen LogP contribution is 2.43. The van der Waals surface area contributed by atoms with Gasteiger partial charge in [0, 0.05) is 34.8 Å². The molecule has 5 rings (SSSR count). The quantitative estimate of drug-likeness (QED) is 0.370. The summed E-state index contributed by atoms with van der Waals surface area (Å²) >= 11 is 3.37. The Morgan fingerprint density at radius 1 is 1.31 bits per heavy atom. The Morgan fingerprint density at radius 3 is 3.03 bits per heavy atom. The molecule has 9 heteroatoms. The van der Waals surface area contributed by atoms with Gasteiger partial charge in [-0.1, -0.05) is 31.7 Å². The van der Waals surface area contributed by atoms with Crippen LogP contribution in [-0.4, -0.2) is 39.2 Å². The molecule has 0 saturated heterocycles. The first-order valence-corrected chi connectivity index (χ1v) is 12.5. The lowest BCUT2D eigenvalue weighted by molar-refractivity contribution is 0.356. The van der Waals surface area contributed by atoms with E-state index in [4.69, 9.17) is 15.5 Å². The highest BCUT2D eigenvalue weighted by atomic mass is 32.2. The molecule has 0 amide bonds. The topological polar surface area (TPSA) is 90.9 Å². The number of imidazole rings is 1. The van der Waals surface area contributed by atoms with Gasteiger partial charge in [0.2, 0.25) is 0 Å². The molecule has 3 N–H and O–H groups in total. The molecule has 1 aromatic carbocycles. The molecule has 3 aromatic heterocycles. The number of hydrogen-bond donors (Lipinski definition) is 2. The van der Waals surface area contributed by atoms with Gasteiger partial charge in [-0.05, 0) is 41.6 Å². The smallest absolute Gasteiger partial charge is 0.175 e. The van der Waals surface area contributed by atoms with Crippen LogP contribution in [0.1, 0.15) is 19.4 Å². The Kier molecular flexibility index (Phi) is 6.03. The van der Waals surface area contributed by atoms with Crippen molar-refractivity contribution in [2.45, 2.75) is 36.9 Å². The molecule has 166 valence electrons. The molecule has 32 heavy (non-hydrogen) atoms. The van der Waals surface area contributed by atoms with Gasteiger partial charge in [-0.25, -0.2) is 15.0 Å². The molecule has 0 atom stereocenters.